The van der Waals surface area contributed by atoms with Crippen LogP contribution in [0.15, 0.2) is 29.4 Å². The van der Waals surface area contributed by atoms with E-state index in [-0.39, 0.29) is 11.7 Å². The fourth-order valence-electron chi connectivity index (χ4n) is 2.15. The zero-order chi connectivity index (χ0) is 16.1. The second-order valence-corrected chi connectivity index (χ2v) is 5.19. The highest BCUT2D eigenvalue weighted by Crippen LogP contribution is 2.12. The van der Waals surface area contributed by atoms with Crippen molar-refractivity contribution in [1.82, 2.24) is 15.6 Å². The molecule has 0 saturated carbocycles. The number of aromatic hydroxyl groups is 1. The Labute approximate surface area is 129 Å². The molecule has 0 fully saturated rings. The molecule has 1 aromatic carbocycles. The van der Waals surface area contributed by atoms with Gasteiger partial charge in [0.05, 0.1) is 11.4 Å². The third-order valence-electron chi connectivity index (χ3n) is 3.52. The van der Waals surface area contributed by atoms with Crippen molar-refractivity contribution in [3.8, 4) is 5.75 Å². The van der Waals surface area contributed by atoms with Crippen LogP contribution in [0.3, 0.4) is 0 Å². The molecule has 0 aliphatic rings. The first-order chi connectivity index (χ1) is 10.5. The van der Waals surface area contributed by atoms with Gasteiger partial charge in [-0.05, 0) is 62.6 Å². The lowest BCUT2D eigenvalue weighted by molar-refractivity contribution is -0.121. The predicted octanol–water partition coefficient (Wildman–Crippen LogP) is 2.21. The average Bonchev–Trinajstić information content (AvgIpc) is 2.82. The monoisotopic (exact) mass is 300 g/mol. The summed E-state index contributed by atoms with van der Waals surface area (Å²) in [6.07, 6.45) is 0.987. The third-order valence-corrected chi connectivity index (χ3v) is 3.52. The molecule has 0 bridgehead atoms. The smallest absolute Gasteiger partial charge is 0.240 e. The summed E-state index contributed by atoms with van der Waals surface area (Å²) in [5, 5.41) is 20.3. The average molecular weight is 300 g/mol. The van der Waals surface area contributed by atoms with Gasteiger partial charge in [0.25, 0.3) is 0 Å². The molecule has 0 radical (unpaired) electrons. The number of carbonyl (C=O) groups excluding carboxylic acids is 1. The minimum absolute atomic E-state index is 0.141. The van der Waals surface area contributed by atoms with Crippen molar-refractivity contribution in [3.63, 3.8) is 0 Å². The number of benzene rings is 1. The molecular weight excluding hydrogens is 280 g/mol. The molecule has 116 valence electrons. The molecule has 6 heteroatoms. The van der Waals surface area contributed by atoms with Crippen molar-refractivity contribution in [2.45, 2.75) is 33.6 Å². The number of phenols is 1. The van der Waals surface area contributed by atoms with E-state index >= 15 is 0 Å². The number of hydrogen-bond donors (Lipinski definition) is 3. The van der Waals surface area contributed by atoms with Crippen molar-refractivity contribution in [2.75, 3.05) is 0 Å². The van der Waals surface area contributed by atoms with Crippen LogP contribution in [0.4, 0.5) is 0 Å². The number of aryl methyl sites for hydroxylation is 2. The van der Waals surface area contributed by atoms with Crippen molar-refractivity contribution in [1.29, 1.82) is 0 Å². The van der Waals surface area contributed by atoms with Gasteiger partial charge < -0.3 is 5.11 Å². The zero-order valence-corrected chi connectivity index (χ0v) is 13.0. The van der Waals surface area contributed by atoms with Crippen LogP contribution in [-0.2, 0) is 11.2 Å². The lowest BCUT2D eigenvalue weighted by Crippen LogP contribution is -2.19. The summed E-state index contributed by atoms with van der Waals surface area (Å²) in [4.78, 5) is 11.9. The molecule has 3 N–H and O–H groups in total. The van der Waals surface area contributed by atoms with E-state index in [2.05, 4.69) is 20.7 Å². The molecule has 0 aliphatic carbocycles. The molecule has 0 saturated heterocycles. The van der Waals surface area contributed by atoms with E-state index in [0.717, 1.165) is 22.5 Å². The quantitative estimate of drug-likeness (QED) is 0.584. The highest BCUT2D eigenvalue weighted by Gasteiger charge is 2.09. The fourth-order valence-corrected chi connectivity index (χ4v) is 2.15. The minimum Gasteiger partial charge on any atom is -0.508 e. The van der Waals surface area contributed by atoms with Crippen LogP contribution >= 0.6 is 0 Å². The highest BCUT2D eigenvalue weighted by molar-refractivity contribution is 5.99. The number of nitrogens with zero attached hydrogens (tertiary/aromatic N) is 2. The van der Waals surface area contributed by atoms with Crippen molar-refractivity contribution < 1.29 is 9.90 Å². The van der Waals surface area contributed by atoms with Crippen LogP contribution in [0.1, 0.15) is 35.9 Å². The third kappa shape index (κ3) is 3.94. The number of hydrogen-bond acceptors (Lipinski definition) is 4. The van der Waals surface area contributed by atoms with Crippen LogP contribution in [0.25, 0.3) is 0 Å². The second kappa shape index (κ2) is 6.89. The Kier molecular flexibility index (Phi) is 4.93. The van der Waals surface area contributed by atoms with E-state index in [1.54, 1.807) is 31.2 Å². The van der Waals surface area contributed by atoms with Crippen LogP contribution in [-0.4, -0.2) is 26.9 Å². The number of aromatic nitrogens is 2. The van der Waals surface area contributed by atoms with Gasteiger partial charge in [-0.15, -0.1) is 0 Å². The van der Waals surface area contributed by atoms with E-state index < -0.39 is 0 Å². The Morgan fingerprint density at radius 2 is 2.00 bits per heavy atom. The Balaban J connectivity index is 1.89. The maximum atomic E-state index is 11.9. The molecule has 0 spiro atoms. The number of H-pyrrole nitrogens is 1. The van der Waals surface area contributed by atoms with E-state index in [4.69, 9.17) is 0 Å². The SMILES string of the molecule is CC(=NNC(=O)CCc1c(C)n[nH]c1C)c1ccc(O)cc1. The first-order valence-corrected chi connectivity index (χ1v) is 7.10. The van der Waals surface area contributed by atoms with E-state index in [0.29, 0.717) is 18.6 Å². The topological polar surface area (TPSA) is 90.4 Å². The summed E-state index contributed by atoms with van der Waals surface area (Å²) in [5.41, 5.74) is 7.08. The molecule has 0 atom stereocenters. The van der Waals surface area contributed by atoms with Gasteiger partial charge in [-0.1, -0.05) is 0 Å². The minimum atomic E-state index is -0.141. The number of aromatic amines is 1. The Morgan fingerprint density at radius 3 is 2.59 bits per heavy atom. The summed E-state index contributed by atoms with van der Waals surface area (Å²) < 4.78 is 0. The van der Waals surface area contributed by atoms with Gasteiger partial charge in [-0.3, -0.25) is 9.89 Å². The molecule has 2 aromatic rings. The van der Waals surface area contributed by atoms with Crippen LogP contribution < -0.4 is 5.43 Å². The predicted molar refractivity (Wildman–Crippen MR) is 84.8 cm³/mol. The summed E-state index contributed by atoms with van der Waals surface area (Å²) in [5.74, 6) is 0.0598. The summed E-state index contributed by atoms with van der Waals surface area (Å²) in [6.45, 7) is 5.67. The standard InChI is InChI=1S/C16H20N4O2/c1-10(13-4-6-14(21)7-5-13)17-20-16(22)9-8-15-11(2)18-19-12(15)3/h4-7,21H,8-9H2,1-3H3,(H,18,19)(H,20,22). The van der Waals surface area contributed by atoms with E-state index in [1.807, 2.05) is 13.8 Å². The lowest BCUT2D eigenvalue weighted by Gasteiger charge is -2.04. The molecule has 6 nitrogen and oxygen atoms in total. The number of carbonyl (C=O) groups is 1. The van der Waals surface area contributed by atoms with Crippen LogP contribution in [0.2, 0.25) is 0 Å². The number of amides is 1. The maximum Gasteiger partial charge on any atom is 0.240 e. The summed E-state index contributed by atoms with van der Waals surface area (Å²) >= 11 is 0. The van der Waals surface area contributed by atoms with Crippen molar-refractivity contribution in [2.24, 2.45) is 5.10 Å². The Hall–Kier alpha value is -2.63. The molecule has 22 heavy (non-hydrogen) atoms. The van der Waals surface area contributed by atoms with E-state index in [9.17, 15) is 9.90 Å². The first kappa shape index (κ1) is 15.8. The van der Waals surface area contributed by atoms with Crippen molar-refractivity contribution in [3.05, 3.63) is 46.8 Å². The maximum absolute atomic E-state index is 11.9. The first-order valence-electron chi connectivity index (χ1n) is 7.10. The Morgan fingerprint density at radius 1 is 1.32 bits per heavy atom. The number of phenolic OH excluding ortho intramolecular Hbond substituents is 1. The molecule has 1 aromatic heterocycles. The molecule has 0 aliphatic heterocycles. The van der Waals surface area contributed by atoms with Gasteiger partial charge >= 0.3 is 0 Å². The normalized spacial score (nSPS) is 11.5. The molecule has 0 unspecified atom stereocenters. The van der Waals surface area contributed by atoms with Gasteiger partial charge in [-0.2, -0.15) is 10.2 Å². The number of nitrogens with one attached hydrogen (secondary N) is 2. The zero-order valence-electron chi connectivity index (χ0n) is 13.0. The molecule has 2 rings (SSSR count). The van der Waals surface area contributed by atoms with Gasteiger partial charge in [0.1, 0.15) is 5.75 Å². The van der Waals surface area contributed by atoms with Gasteiger partial charge in [-0.25, -0.2) is 5.43 Å². The van der Waals surface area contributed by atoms with Crippen LogP contribution in [0.5, 0.6) is 5.75 Å². The van der Waals surface area contributed by atoms with Gasteiger partial charge in [0, 0.05) is 12.1 Å². The highest BCUT2D eigenvalue weighted by atomic mass is 16.3. The lowest BCUT2D eigenvalue weighted by atomic mass is 10.1. The fraction of sp³-hybridized carbons (Fsp3) is 0.312. The molecular formula is C16H20N4O2. The van der Waals surface area contributed by atoms with Crippen LogP contribution in [0, 0.1) is 13.8 Å². The largest absolute Gasteiger partial charge is 0.508 e. The summed E-state index contributed by atoms with van der Waals surface area (Å²) in [7, 11) is 0. The van der Waals surface area contributed by atoms with E-state index in [1.165, 1.54) is 0 Å². The Bertz CT molecular complexity index is 667. The summed E-state index contributed by atoms with van der Waals surface area (Å²) in [6, 6.07) is 6.66. The number of hydrazone groups is 1. The second-order valence-electron chi connectivity index (χ2n) is 5.19. The van der Waals surface area contributed by atoms with Crippen molar-refractivity contribution >= 4 is 11.6 Å². The number of rotatable bonds is 5. The van der Waals surface area contributed by atoms with Gasteiger partial charge in [0.2, 0.25) is 5.91 Å². The molecule has 1 heterocycles. The van der Waals surface area contributed by atoms with Gasteiger partial charge in [0.15, 0.2) is 0 Å². The molecule has 1 amide bonds.